The van der Waals surface area contributed by atoms with Crippen molar-refractivity contribution in [2.75, 3.05) is 11.4 Å². The SMILES string of the molecule is Cc1noc(C)c1N1CCc2cc(C(=O)NO)cnc2C1. The number of nitrogens with one attached hydrogen (secondary N) is 1. The number of fused-ring (bicyclic) bond motifs is 1. The van der Waals surface area contributed by atoms with E-state index in [1.54, 1.807) is 11.5 Å². The number of pyridine rings is 1. The summed E-state index contributed by atoms with van der Waals surface area (Å²) in [6, 6.07) is 1.78. The molecule has 1 aliphatic rings. The van der Waals surface area contributed by atoms with Gasteiger partial charge < -0.3 is 9.42 Å². The zero-order valence-electron chi connectivity index (χ0n) is 11.9. The highest BCUT2D eigenvalue weighted by Gasteiger charge is 2.23. The lowest BCUT2D eigenvalue weighted by atomic mass is 10.0. The van der Waals surface area contributed by atoms with Crippen LogP contribution in [-0.2, 0) is 13.0 Å². The number of aryl methyl sites for hydroxylation is 2. The van der Waals surface area contributed by atoms with E-state index in [-0.39, 0.29) is 0 Å². The number of hydrogen-bond donors (Lipinski definition) is 2. The molecule has 110 valence electrons. The monoisotopic (exact) mass is 288 g/mol. The summed E-state index contributed by atoms with van der Waals surface area (Å²) in [5.41, 5.74) is 5.82. The first-order valence-electron chi connectivity index (χ1n) is 6.70. The second kappa shape index (κ2) is 5.17. The summed E-state index contributed by atoms with van der Waals surface area (Å²) >= 11 is 0. The van der Waals surface area contributed by atoms with Crippen LogP contribution in [0.5, 0.6) is 0 Å². The van der Waals surface area contributed by atoms with Gasteiger partial charge in [-0.05, 0) is 31.9 Å². The Bertz CT molecular complexity index is 676. The van der Waals surface area contributed by atoms with Crippen molar-refractivity contribution in [1.82, 2.24) is 15.6 Å². The first-order chi connectivity index (χ1) is 10.1. The van der Waals surface area contributed by atoms with E-state index in [0.29, 0.717) is 12.1 Å². The third kappa shape index (κ3) is 2.36. The normalized spacial score (nSPS) is 14.0. The quantitative estimate of drug-likeness (QED) is 0.640. The van der Waals surface area contributed by atoms with Gasteiger partial charge in [0.2, 0.25) is 0 Å². The molecule has 0 unspecified atom stereocenters. The number of rotatable bonds is 2. The Hall–Kier alpha value is -2.41. The van der Waals surface area contributed by atoms with Crippen molar-refractivity contribution in [3.05, 3.63) is 40.5 Å². The highest BCUT2D eigenvalue weighted by Crippen LogP contribution is 2.29. The van der Waals surface area contributed by atoms with Crippen LogP contribution < -0.4 is 10.4 Å². The number of nitrogens with zero attached hydrogens (tertiary/aromatic N) is 3. The third-order valence-corrected chi connectivity index (χ3v) is 3.73. The molecule has 2 aromatic rings. The van der Waals surface area contributed by atoms with Crippen LogP contribution in [0.15, 0.2) is 16.8 Å². The van der Waals surface area contributed by atoms with Gasteiger partial charge in [-0.1, -0.05) is 5.16 Å². The highest BCUT2D eigenvalue weighted by atomic mass is 16.5. The van der Waals surface area contributed by atoms with Gasteiger partial charge in [0.1, 0.15) is 11.4 Å². The molecule has 0 bridgehead atoms. The van der Waals surface area contributed by atoms with Gasteiger partial charge in [0, 0.05) is 12.7 Å². The fraction of sp³-hybridized carbons (Fsp3) is 0.357. The molecule has 0 atom stereocenters. The molecule has 0 aliphatic carbocycles. The Morgan fingerprint density at radius 3 is 2.95 bits per heavy atom. The molecule has 3 heterocycles. The van der Waals surface area contributed by atoms with Gasteiger partial charge in [-0.3, -0.25) is 15.0 Å². The first-order valence-corrected chi connectivity index (χ1v) is 6.70. The van der Waals surface area contributed by atoms with Crippen molar-refractivity contribution in [2.45, 2.75) is 26.8 Å². The van der Waals surface area contributed by atoms with E-state index in [1.165, 1.54) is 6.20 Å². The van der Waals surface area contributed by atoms with E-state index < -0.39 is 5.91 Å². The fourth-order valence-electron chi connectivity index (χ4n) is 2.72. The molecule has 7 nitrogen and oxygen atoms in total. The molecular formula is C14H16N4O3. The molecule has 2 N–H and O–H groups in total. The standard InChI is InChI=1S/C14H16N4O3/c1-8-13(9(2)21-17-8)18-4-3-10-5-11(14(19)16-20)6-15-12(10)7-18/h5-6,20H,3-4,7H2,1-2H3,(H,16,19). The van der Waals surface area contributed by atoms with Crippen LogP contribution in [0.25, 0.3) is 0 Å². The van der Waals surface area contributed by atoms with Crippen molar-refractivity contribution < 1.29 is 14.5 Å². The minimum absolute atomic E-state index is 0.363. The van der Waals surface area contributed by atoms with Crippen LogP contribution in [0.2, 0.25) is 0 Å². The molecule has 21 heavy (non-hydrogen) atoms. The van der Waals surface area contributed by atoms with Crippen molar-refractivity contribution in [3.8, 4) is 0 Å². The summed E-state index contributed by atoms with van der Waals surface area (Å²) < 4.78 is 5.21. The summed E-state index contributed by atoms with van der Waals surface area (Å²) in [5.74, 6) is 0.255. The maximum atomic E-state index is 11.4. The predicted molar refractivity (Wildman–Crippen MR) is 74.2 cm³/mol. The second-order valence-electron chi connectivity index (χ2n) is 5.12. The summed E-state index contributed by atoms with van der Waals surface area (Å²) in [5, 5.41) is 12.6. The summed E-state index contributed by atoms with van der Waals surface area (Å²) in [6.45, 7) is 5.28. The van der Waals surface area contributed by atoms with Gasteiger partial charge in [-0.15, -0.1) is 0 Å². The lowest BCUT2D eigenvalue weighted by Crippen LogP contribution is -2.32. The maximum absolute atomic E-state index is 11.4. The highest BCUT2D eigenvalue weighted by molar-refractivity contribution is 5.93. The van der Waals surface area contributed by atoms with Crippen LogP contribution in [0.4, 0.5) is 5.69 Å². The van der Waals surface area contributed by atoms with Gasteiger partial charge >= 0.3 is 0 Å². The number of carbonyl (C=O) groups is 1. The molecule has 7 heteroatoms. The first kappa shape index (κ1) is 13.6. The number of amides is 1. The Morgan fingerprint density at radius 2 is 2.29 bits per heavy atom. The number of hydrogen-bond acceptors (Lipinski definition) is 6. The molecule has 0 spiro atoms. The van der Waals surface area contributed by atoms with Gasteiger partial charge in [0.15, 0.2) is 5.76 Å². The van der Waals surface area contributed by atoms with Crippen molar-refractivity contribution in [2.24, 2.45) is 0 Å². The maximum Gasteiger partial charge on any atom is 0.276 e. The predicted octanol–water partition coefficient (Wildman–Crippen LogP) is 1.37. The second-order valence-corrected chi connectivity index (χ2v) is 5.12. The largest absolute Gasteiger partial charge is 0.361 e. The average Bonchev–Trinajstić information content (AvgIpc) is 2.84. The fourth-order valence-corrected chi connectivity index (χ4v) is 2.72. The Balaban J connectivity index is 1.88. The van der Waals surface area contributed by atoms with Crippen LogP contribution in [0.1, 0.15) is 33.1 Å². The van der Waals surface area contributed by atoms with Crippen LogP contribution in [0.3, 0.4) is 0 Å². The lowest BCUT2D eigenvalue weighted by molar-refractivity contribution is 0.0706. The Kier molecular flexibility index (Phi) is 3.34. The van der Waals surface area contributed by atoms with E-state index in [9.17, 15) is 4.79 Å². The molecule has 0 aromatic carbocycles. The molecule has 0 saturated carbocycles. The number of carbonyl (C=O) groups excluding carboxylic acids is 1. The minimum Gasteiger partial charge on any atom is -0.361 e. The van der Waals surface area contributed by atoms with Crippen molar-refractivity contribution >= 4 is 11.6 Å². The molecule has 3 rings (SSSR count). The molecular weight excluding hydrogens is 272 g/mol. The van der Waals surface area contributed by atoms with Crippen LogP contribution >= 0.6 is 0 Å². The van der Waals surface area contributed by atoms with Crippen molar-refractivity contribution in [3.63, 3.8) is 0 Å². The molecule has 0 fully saturated rings. The van der Waals surface area contributed by atoms with E-state index in [4.69, 9.17) is 9.73 Å². The van der Waals surface area contributed by atoms with Crippen LogP contribution in [-0.4, -0.2) is 27.8 Å². The summed E-state index contributed by atoms with van der Waals surface area (Å²) in [6.07, 6.45) is 2.25. The third-order valence-electron chi connectivity index (χ3n) is 3.73. The summed E-state index contributed by atoms with van der Waals surface area (Å²) in [7, 11) is 0. The van der Waals surface area contributed by atoms with Gasteiger partial charge in [0.05, 0.1) is 17.8 Å². The molecule has 1 amide bonds. The molecule has 0 radical (unpaired) electrons. The van der Waals surface area contributed by atoms with E-state index in [0.717, 1.165) is 41.4 Å². The average molecular weight is 288 g/mol. The van der Waals surface area contributed by atoms with Gasteiger partial charge in [-0.25, -0.2) is 5.48 Å². The Morgan fingerprint density at radius 1 is 1.48 bits per heavy atom. The van der Waals surface area contributed by atoms with Gasteiger partial charge in [-0.2, -0.15) is 0 Å². The molecule has 0 saturated heterocycles. The van der Waals surface area contributed by atoms with E-state index in [1.807, 2.05) is 13.8 Å². The van der Waals surface area contributed by atoms with Crippen molar-refractivity contribution in [1.29, 1.82) is 0 Å². The number of anilines is 1. The van der Waals surface area contributed by atoms with Crippen LogP contribution in [0, 0.1) is 13.8 Å². The minimum atomic E-state index is -0.543. The smallest absolute Gasteiger partial charge is 0.276 e. The number of aromatic nitrogens is 2. The lowest BCUT2D eigenvalue weighted by Gasteiger charge is -2.29. The summed E-state index contributed by atoms with van der Waals surface area (Å²) in [4.78, 5) is 17.9. The Labute approximate surface area is 121 Å². The molecule has 1 aliphatic heterocycles. The zero-order chi connectivity index (χ0) is 15.0. The van der Waals surface area contributed by atoms with E-state index >= 15 is 0 Å². The topological polar surface area (TPSA) is 91.5 Å². The van der Waals surface area contributed by atoms with E-state index in [2.05, 4.69) is 15.0 Å². The van der Waals surface area contributed by atoms with Gasteiger partial charge in [0.25, 0.3) is 5.91 Å². The number of hydroxylamine groups is 1. The molecule has 2 aromatic heterocycles. The zero-order valence-corrected chi connectivity index (χ0v) is 11.9.